The average Bonchev–Trinajstić information content (AvgIpc) is 2.93. The lowest BCUT2D eigenvalue weighted by Crippen LogP contribution is -2.20. The van der Waals surface area contributed by atoms with Crippen LogP contribution in [0.15, 0.2) is 54.9 Å². The number of carbonyl (C=O) groups excluding carboxylic acids is 1. The van der Waals surface area contributed by atoms with E-state index in [0.717, 1.165) is 11.3 Å². The van der Waals surface area contributed by atoms with Crippen molar-refractivity contribution in [1.82, 2.24) is 14.7 Å². The van der Waals surface area contributed by atoms with Gasteiger partial charge in [-0.25, -0.2) is 9.37 Å². The van der Waals surface area contributed by atoms with Gasteiger partial charge in [0, 0.05) is 18.5 Å². The highest BCUT2D eigenvalue weighted by molar-refractivity contribution is 6.30. The zero-order chi connectivity index (χ0) is 16.2. The summed E-state index contributed by atoms with van der Waals surface area (Å²) in [5.41, 5.74) is 2.11. The molecule has 1 amide bonds. The molecule has 0 saturated heterocycles. The Bertz CT molecular complexity index is 888. The van der Waals surface area contributed by atoms with Gasteiger partial charge in [-0.3, -0.25) is 4.79 Å². The Hall–Kier alpha value is -2.66. The van der Waals surface area contributed by atoms with Crippen LogP contribution in [0.25, 0.3) is 11.7 Å². The summed E-state index contributed by atoms with van der Waals surface area (Å²) in [5, 5.41) is 3.35. The third kappa shape index (κ3) is 3.96. The maximum atomic E-state index is 13.0. The topological polar surface area (TPSA) is 46.4 Å². The van der Waals surface area contributed by atoms with Crippen molar-refractivity contribution in [2.45, 2.75) is 6.54 Å². The largest absolute Gasteiger partial charge is 0.347 e. The summed E-state index contributed by atoms with van der Waals surface area (Å²) in [6.45, 7) is 0.297. The Kier molecular flexibility index (Phi) is 4.39. The molecular formula is C17H13ClFN3O. The molecule has 1 N–H and O–H groups in total. The molecule has 0 fully saturated rings. The van der Waals surface area contributed by atoms with Crippen LogP contribution in [0.4, 0.5) is 4.39 Å². The summed E-state index contributed by atoms with van der Waals surface area (Å²) >= 11 is 5.91. The summed E-state index contributed by atoms with van der Waals surface area (Å²) in [7, 11) is 0. The van der Waals surface area contributed by atoms with Crippen molar-refractivity contribution in [2.24, 2.45) is 0 Å². The summed E-state index contributed by atoms with van der Waals surface area (Å²) in [5.74, 6) is -0.611. The van der Waals surface area contributed by atoms with Gasteiger partial charge in [-0.15, -0.1) is 0 Å². The molecule has 1 aromatic carbocycles. The maximum absolute atomic E-state index is 13.0. The lowest BCUT2D eigenvalue weighted by molar-refractivity contribution is -0.116. The second-order valence-corrected chi connectivity index (χ2v) is 5.39. The highest BCUT2D eigenvalue weighted by Gasteiger charge is 2.03. The molecule has 0 saturated carbocycles. The van der Waals surface area contributed by atoms with Crippen LogP contribution in [-0.2, 0) is 11.3 Å². The van der Waals surface area contributed by atoms with E-state index in [-0.39, 0.29) is 11.7 Å². The highest BCUT2D eigenvalue weighted by atomic mass is 35.5. The zero-order valence-corrected chi connectivity index (χ0v) is 12.8. The predicted molar refractivity (Wildman–Crippen MR) is 87.5 cm³/mol. The number of fused-ring (bicyclic) bond motifs is 1. The molecule has 0 aliphatic carbocycles. The number of nitrogens with zero attached hydrogens (tertiary/aromatic N) is 2. The minimum absolute atomic E-state index is 0.274. The number of halogens is 2. The molecule has 0 aliphatic heterocycles. The van der Waals surface area contributed by atoms with Crippen molar-refractivity contribution in [3.8, 4) is 0 Å². The normalized spacial score (nSPS) is 11.2. The van der Waals surface area contributed by atoms with E-state index in [1.165, 1.54) is 18.2 Å². The summed E-state index contributed by atoms with van der Waals surface area (Å²) in [6, 6.07) is 9.58. The fourth-order valence-corrected chi connectivity index (χ4v) is 2.29. The summed E-state index contributed by atoms with van der Waals surface area (Å²) < 4.78 is 14.8. The van der Waals surface area contributed by atoms with Gasteiger partial charge < -0.3 is 9.72 Å². The van der Waals surface area contributed by atoms with Gasteiger partial charge in [-0.2, -0.15) is 0 Å². The second-order valence-electron chi connectivity index (χ2n) is 4.95. The fraction of sp³-hybridized carbons (Fsp3) is 0.0588. The van der Waals surface area contributed by atoms with Crippen LogP contribution in [-0.4, -0.2) is 15.3 Å². The zero-order valence-electron chi connectivity index (χ0n) is 12.0. The van der Waals surface area contributed by atoms with Crippen molar-refractivity contribution in [2.75, 3.05) is 0 Å². The number of pyridine rings is 1. The third-order valence-electron chi connectivity index (χ3n) is 3.18. The van der Waals surface area contributed by atoms with E-state index >= 15 is 0 Å². The Morgan fingerprint density at radius 1 is 1.30 bits per heavy atom. The van der Waals surface area contributed by atoms with Gasteiger partial charge >= 0.3 is 0 Å². The summed E-state index contributed by atoms with van der Waals surface area (Å²) in [4.78, 5) is 16.2. The highest BCUT2D eigenvalue weighted by Crippen LogP contribution is 2.11. The van der Waals surface area contributed by atoms with Crippen LogP contribution < -0.4 is 5.32 Å². The van der Waals surface area contributed by atoms with Crippen LogP contribution in [0.3, 0.4) is 0 Å². The molecule has 4 nitrogen and oxygen atoms in total. The Labute approximate surface area is 137 Å². The van der Waals surface area contributed by atoms with Gasteiger partial charge in [-0.05, 0) is 35.9 Å². The van der Waals surface area contributed by atoms with Crippen molar-refractivity contribution >= 4 is 29.2 Å². The summed E-state index contributed by atoms with van der Waals surface area (Å²) in [6.07, 6.45) is 6.47. The molecule has 2 heterocycles. The molecule has 3 aromatic rings. The second kappa shape index (κ2) is 6.62. The molecule has 2 aromatic heterocycles. The molecule has 0 atom stereocenters. The van der Waals surface area contributed by atoms with Gasteiger partial charge in [0.05, 0.1) is 17.3 Å². The first-order valence-electron chi connectivity index (χ1n) is 6.95. The van der Waals surface area contributed by atoms with E-state index in [4.69, 9.17) is 11.6 Å². The third-order valence-corrected chi connectivity index (χ3v) is 3.41. The molecule has 3 rings (SSSR count). The molecule has 0 unspecified atom stereocenters. The van der Waals surface area contributed by atoms with Gasteiger partial charge in [-0.1, -0.05) is 23.7 Å². The van der Waals surface area contributed by atoms with Crippen LogP contribution in [0.1, 0.15) is 11.3 Å². The van der Waals surface area contributed by atoms with E-state index in [0.29, 0.717) is 17.1 Å². The first-order valence-corrected chi connectivity index (χ1v) is 7.32. The maximum Gasteiger partial charge on any atom is 0.244 e. The quantitative estimate of drug-likeness (QED) is 0.745. The SMILES string of the molecule is O=C(/C=C/c1cccc(F)c1)NCc1cn2cc(Cl)ccc2n1. The number of hydrogen-bond acceptors (Lipinski definition) is 2. The molecule has 6 heteroatoms. The Balaban J connectivity index is 1.61. The number of rotatable bonds is 4. The van der Waals surface area contributed by atoms with E-state index < -0.39 is 0 Å². The van der Waals surface area contributed by atoms with Gasteiger partial charge in [0.1, 0.15) is 11.5 Å². The number of carbonyl (C=O) groups is 1. The molecule has 0 radical (unpaired) electrons. The number of hydrogen-bond donors (Lipinski definition) is 1. The van der Waals surface area contributed by atoms with Gasteiger partial charge in [0.2, 0.25) is 5.91 Å². The van der Waals surface area contributed by atoms with E-state index in [2.05, 4.69) is 10.3 Å². The lowest BCUT2D eigenvalue weighted by atomic mass is 10.2. The van der Waals surface area contributed by atoms with Gasteiger partial charge in [0.25, 0.3) is 0 Å². The fourth-order valence-electron chi connectivity index (χ4n) is 2.12. The number of nitrogens with one attached hydrogen (secondary N) is 1. The smallest absolute Gasteiger partial charge is 0.244 e. The molecule has 0 aliphatic rings. The molecular weight excluding hydrogens is 317 g/mol. The van der Waals surface area contributed by atoms with Crippen LogP contribution >= 0.6 is 11.6 Å². The average molecular weight is 330 g/mol. The van der Waals surface area contributed by atoms with Crippen molar-refractivity contribution in [3.63, 3.8) is 0 Å². The minimum atomic E-state index is -0.337. The van der Waals surface area contributed by atoms with Crippen molar-refractivity contribution in [3.05, 3.63) is 77.0 Å². The Morgan fingerprint density at radius 2 is 2.17 bits per heavy atom. The standard InChI is InChI=1S/C17H13ClFN3O/c18-13-5-6-16-21-15(11-22(16)10-13)9-20-17(23)7-4-12-2-1-3-14(19)8-12/h1-8,10-11H,9H2,(H,20,23)/b7-4+. The molecule has 0 bridgehead atoms. The first kappa shape index (κ1) is 15.2. The van der Waals surface area contributed by atoms with Crippen LogP contribution in [0.5, 0.6) is 0 Å². The first-order chi connectivity index (χ1) is 11.1. The molecule has 0 spiro atoms. The van der Waals surface area contributed by atoms with E-state index in [1.54, 1.807) is 47.1 Å². The van der Waals surface area contributed by atoms with Crippen LogP contribution in [0, 0.1) is 5.82 Å². The minimum Gasteiger partial charge on any atom is -0.347 e. The van der Waals surface area contributed by atoms with Gasteiger partial charge in [0.15, 0.2) is 0 Å². The molecule has 23 heavy (non-hydrogen) atoms. The monoisotopic (exact) mass is 329 g/mol. The predicted octanol–water partition coefficient (Wildman–Crippen LogP) is 3.46. The Morgan fingerprint density at radius 3 is 3.00 bits per heavy atom. The van der Waals surface area contributed by atoms with Crippen molar-refractivity contribution < 1.29 is 9.18 Å². The van der Waals surface area contributed by atoms with E-state index in [9.17, 15) is 9.18 Å². The van der Waals surface area contributed by atoms with Crippen molar-refractivity contribution in [1.29, 1.82) is 0 Å². The van der Waals surface area contributed by atoms with Crippen LogP contribution in [0.2, 0.25) is 5.02 Å². The molecule has 116 valence electrons. The lowest BCUT2D eigenvalue weighted by Gasteiger charge is -1.98. The number of benzene rings is 1. The van der Waals surface area contributed by atoms with E-state index in [1.807, 2.05) is 0 Å². The number of imidazole rings is 1. The number of aromatic nitrogens is 2. The number of amides is 1.